The standard InChI is InChI=1S/C13H19N3O2/c1-9-5-14-11(15-6-9)10-7-16(8-10)12(17)18-13(2,3)4/h5-6,10H,7-8H2,1-4H3. The monoisotopic (exact) mass is 249 g/mol. The first-order chi connectivity index (χ1) is 8.35. The lowest BCUT2D eigenvalue weighted by Gasteiger charge is -2.38. The van der Waals surface area contributed by atoms with Gasteiger partial charge in [0.15, 0.2) is 0 Å². The van der Waals surface area contributed by atoms with E-state index in [0.717, 1.165) is 11.4 Å². The van der Waals surface area contributed by atoms with E-state index in [-0.39, 0.29) is 12.0 Å². The molecule has 0 radical (unpaired) electrons. The summed E-state index contributed by atoms with van der Waals surface area (Å²) in [6.07, 6.45) is 3.35. The minimum Gasteiger partial charge on any atom is -0.444 e. The fraction of sp³-hybridized carbons (Fsp3) is 0.615. The molecule has 0 spiro atoms. The van der Waals surface area contributed by atoms with Gasteiger partial charge in [-0.25, -0.2) is 14.8 Å². The van der Waals surface area contributed by atoms with Gasteiger partial charge in [-0.05, 0) is 33.3 Å². The minimum atomic E-state index is -0.442. The van der Waals surface area contributed by atoms with Gasteiger partial charge in [0, 0.05) is 25.5 Å². The van der Waals surface area contributed by atoms with Crippen molar-refractivity contribution >= 4 is 6.09 Å². The van der Waals surface area contributed by atoms with E-state index >= 15 is 0 Å². The van der Waals surface area contributed by atoms with Crippen molar-refractivity contribution in [2.45, 2.75) is 39.2 Å². The third kappa shape index (κ3) is 2.97. The van der Waals surface area contributed by atoms with Gasteiger partial charge < -0.3 is 9.64 Å². The topological polar surface area (TPSA) is 55.3 Å². The van der Waals surface area contributed by atoms with Crippen LogP contribution in [0.2, 0.25) is 0 Å². The Morgan fingerprint density at radius 2 is 1.89 bits per heavy atom. The first kappa shape index (κ1) is 12.8. The fourth-order valence-electron chi connectivity index (χ4n) is 1.73. The number of likely N-dealkylation sites (tertiary alicyclic amines) is 1. The summed E-state index contributed by atoms with van der Waals surface area (Å²) in [5, 5.41) is 0. The summed E-state index contributed by atoms with van der Waals surface area (Å²) < 4.78 is 5.29. The maximum absolute atomic E-state index is 11.7. The largest absolute Gasteiger partial charge is 0.444 e. The van der Waals surface area contributed by atoms with Crippen molar-refractivity contribution in [3.05, 3.63) is 23.8 Å². The average molecular weight is 249 g/mol. The maximum Gasteiger partial charge on any atom is 0.410 e. The Morgan fingerprint density at radius 3 is 2.39 bits per heavy atom. The molecular formula is C13H19N3O2. The van der Waals surface area contributed by atoms with Gasteiger partial charge in [0.1, 0.15) is 11.4 Å². The maximum atomic E-state index is 11.7. The quantitative estimate of drug-likeness (QED) is 0.765. The summed E-state index contributed by atoms with van der Waals surface area (Å²) >= 11 is 0. The summed E-state index contributed by atoms with van der Waals surface area (Å²) in [4.78, 5) is 22.0. The van der Waals surface area contributed by atoms with Crippen LogP contribution >= 0.6 is 0 Å². The van der Waals surface area contributed by atoms with Crippen LogP contribution in [-0.2, 0) is 4.74 Å². The van der Waals surface area contributed by atoms with Crippen molar-refractivity contribution in [1.82, 2.24) is 14.9 Å². The molecule has 0 bridgehead atoms. The molecule has 0 N–H and O–H groups in total. The van der Waals surface area contributed by atoms with E-state index in [2.05, 4.69) is 9.97 Å². The third-order valence-corrected chi connectivity index (χ3v) is 2.70. The molecule has 5 nitrogen and oxygen atoms in total. The van der Waals surface area contributed by atoms with Gasteiger partial charge in [0.2, 0.25) is 0 Å². The predicted octanol–water partition coefficient (Wildman–Crippen LogP) is 2.12. The van der Waals surface area contributed by atoms with Crippen molar-refractivity contribution in [1.29, 1.82) is 0 Å². The van der Waals surface area contributed by atoms with Gasteiger partial charge in [-0.2, -0.15) is 0 Å². The van der Waals surface area contributed by atoms with Crippen LogP contribution in [0.3, 0.4) is 0 Å². The Bertz CT molecular complexity index is 431. The fourth-order valence-corrected chi connectivity index (χ4v) is 1.73. The zero-order valence-electron chi connectivity index (χ0n) is 11.3. The minimum absolute atomic E-state index is 0.234. The first-order valence-electron chi connectivity index (χ1n) is 6.11. The van der Waals surface area contributed by atoms with Crippen LogP contribution in [0.4, 0.5) is 4.79 Å². The second-order valence-electron chi connectivity index (χ2n) is 5.70. The first-order valence-corrected chi connectivity index (χ1v) is 6.11. The van der Waals surface area contributed by atoms with Crippen LogP contribution in [-0.4, -0.2) is 39.7 Å². The Hall–Kier alpha value is -1.65. The zero-order valence-corrected chi connectivity index (χ0v) is 11.3. The number of amides is 1. The molecule has 1 aromatic heterocycles. The third-order valence-electron chi connectivity index (χ3n) is 2.70. The summed E-state index contributed by atoms with van der Waals surface area (Å²) in [5.41, 5.74) is 0.602. The predicted molar refractivity (Wildman–Crippen MR) is 67.3 cm³/mol. The number of rotatable bonds is 1. The average Bonchev–Trinajstić information content (AvgIpc) is 2.15. The molecule has 5 heteroatoms. The van der Waals surface area contributed by atoms with Gasteiger partial charge in [0.25, 0.3) is 0 Å². The highest BCUT2D eigenvalue weighted by atomic mass is 16.6. The number of aromatic nitrogens is 2. The molecule has 2 heterocycles. The number of aryl methyl sites for hydroxylation is 1. The Labute approximate surface area is 107 Å². The van der Waals surface area contributed by atoms with E-state index in [1.165, 1.54) is 0 Å². The van der Waals surface area contributed by atoms with E-state index in [0.29, 0.717) is 13.1 Å². The number of carbonyl (C=O) groups excluding carboxylic acids is 1. The lowest BCUT2D eigenvalue weighted by molar-refractivity contribution is 0.00751. The van der Waals surface area contributed by atoms with Crippen LogP contribution < -0.4 is 0 Å². The molecule has 0 saturated carbocycles. The summed E-state index contributed by atoms with van der Waals surface area (Å²) in [7, 11) is 0. The van der Waals surface area contributed by atoms with Gasteiger partial charge in [0.05, 0.1) is 5.92 Å². The van der Waals surface area contributed by atoms with E-state index in [4.69, 9.17) is 4.74 Å². The molecule has 98 valence electrons. The number of ether oxygens (including phenoxy) is 1. The molecule has 1 saturated heterocycles. The van der Waals surface area contributed by atoms with E-state index in [1.54, 1.807) is 17.3 Å². The van der Waals surface area contributed by atoms with Crippen molar-refractivity contribution in [3.8, 4) is 0 Å². The molecule has 1 aliphatic heterocycles. The van der Waals surface area contributed by atoms with Crippen molar-refractivity contribution in [3.63, 3.8) is 0 Å². The van der Waals surface area contributed by atoms with Crippen LogP contribution in [0.1, 0.15) is 38.1 Å². The molecule has 1 amide bonds. The van der Waals surface area contributed by atoms with Crippen LogP contribution in [0.25, 0.3) is 0 Å². The van der Waals surface area contributed by atoms with Gasteiger partial charge >= 0.3 is 6.09 Å². The number of hydrogen-bond acceptors (Lipinski definition) is 4. The highest BCUT2D eigenvalue weighted by Crippen LogP contribution is 2.25. The molecule has 2 rings (SSSR count). The highest BCUT2D eigenvalue weighted by molar-refractivity contribution is 5.69. The van der Waals surface area contributed by atoms with E-state index < -0.39 is 5.60 Å². The summed E-state index contributed by atoms with van der Waals surface area (Å²) in [5.74, 6) is 1.04. The second kappa shape index (κ2) is 4.55. The second-order valence-corrected chi connectivity index (χ2v) is 5.70. The smallest absolute Gasteiger partial charge is 0.410 e. The lowest BCUT2D eigenvalue weighted by atomic mass is 10.00. The molecule has 0 aromatic carbocycles. The summed E-state index contributed by atoms with van der Waals surface area (Å²) in [6.45, 7) is 8.83. The van der Waals surface area contributed by atoms with Crippen molar-refractivity contribution in [2.24, 2.45) is 0 Å². The molecular weight excluding hydrogens is 230 g/mol. The van der Waals surface area contributed by atoms with Crippen LogP contribution in [0.15, 0.2) is 12.4 Å². The number of nitrogens with zero attached hydrogens (tertiary/aromatic N) is 3. The number of hydrogen-bond donors (Lipinski definition) is 0. The Morgan fingerprint density at radius 1 is 1.33 bits per heavy atom. The Balaban J connectivity index is 1.87. The molecule has 0 unspecified atom stereocenters. The number of carbonyl (C=O) groups is 1. The molecule has 1 fully saturated rings. The molecule has 0 aliphatic carbocycles. The van der Waals surface area contributed by atoms with Gasteiger partial charge in [-0.1, -0.05) is 0 Å². The van der Waals surface area contributed by atoms with Gasteiger partial charge in [-0.15, -0.1) is 0 Å². The Kier molecular flexibility index (Phi) is 3.24. The van der Waals surface area contributed by atoms with Crippen molar-refractivity contribution < 1.29 is 9.53 Å². The summed E-state index contributed by atoms with van der Waals surface area (Å²) in [6, 6.07) is 0. The zero-order chi connectivity index (χ0) is 13.3. The van der Waals surface area contributed by atoms with Crippen molar-refractivity contribution in [2.75, 3.05) is 13.1 Å². The SMILES string of the molecule is Cc1cnc(C2CN(C(=O)OC(C)(C)C)C2)nc1. The van der Waals surface area contributed by atoms with Crippen LogP contribution in [0.5, 0.6) is 0 Å². The molecule has 0 atom stereocenters. The lowest BCUT2D eigenvalue weighted by Crippen LogP contribution is -2.50. The molecule has 1 aliphatic rings. The van der Waals surface area contributed by atoms with E-state index in [1.807, 2.05) is 27.7 Å². The van der Waals surface area contributed by atoms with Crippen LogP contribution in [0, 0.1) is 6.92 Å². The highest BCUT2D eigenvalue weighted by Gasteiger charge is 2.35. The molecule has 18 heavy (non-hydrogen) atoms. The van der Waals surface area contributed by atoms with E-state index in [9.17, 15) is 4.79 Å². The molecule has 1 aromatic rings. The van der Waals surface area contributed by atoms with Gasteiger partial charge in [-0.3, -0.25) is 0 Å². The normalized spacial score (nSPS) is 16.3.